The van der Waals surface area contributed by atoms with E-state index in [1.54, 1.807) is 0 Å². The first-order chi connectivity index (χ1) is 10.4. The van der Waals surface area contributed by atoms with E-state index < -0.39 is 11.7 Å². The lowest BCUT2D eigenvalue weighted by molar-refractivity contribution is 0.0636. The van der Waals surface area contributed by atoms with Crippen molar-refractivity contribution in [2.24, 2.45) is 0 Å². The van der Waals surface area contributed by atoms with Gasteiger partial charge in [0.2, 0.25) is 0 Å². The van der Waals surface area contributed by atoms with Crippen molar-refractivity contribution in [3.05, 3.63) is 35.4 Å². The van der Waals surface area contributed by atoms with Crippen LogP contribution in [0.4, 0.5) is 10.5 Å². The maximum Gasteiger partial charge on any atom is 0.412 e. The second-order valence-corrected chi connectivity index (χ2v) is 7.03. The molecule has 3 rings (SSSR count). The van der Waals surface area contributed by atoms with Crippen LogP contribution in [0.1, 0.15) is 44.7 Å². The highest BCUT2D eigenvalue weighted by Crippen LogP contribution is 2.43. The lowest BCUT2D eigenvalue weighted by Crippen LogP contribution is -2.30. The Bertz CT molecular complexity index is 607. The summed E-state index contributed by atoms with van der Waals surface area (Å²) in [6.07, 6.45) is 6.07. The van der Waals surface area contributed by atoms with Crippen molar-refractivity contribution in [3.63, 3.8) is 0 Å². The first-order valence-corrected chi connectivity index (χ1v) is 7.80. The Morgan fingerprint density at radius 1 is 1.27 bits per heavy atom. The normalized spacial score (nSPS) is 19.0. The standard InChI is InChI=1S/C18H23NO3/c1-17(2,3)22-16(20)19-14-4-5-15-13(12-14)6-7-18(15)8-10-21-11-9-18/h4-7,12H,8-11H2,1-3H3,(H,19,20). The van der Waals surface area contributed by atoms with E-state index >= 15 is 0 Å². The van der Waals surface area contributed by atoms with Gasteiger partial charge in [-0.15, -0.1) is 0 Å². The quantitative estimate of drug-likeness (QED) is 0.849. The Morgan fingerprint density at radius 3 is 2.68 bits per heavy atom. The number of carbonyl (C=O) groups excluding carboxylic acids is 1. The molecule has 4 heteroatoms. The SMILES string of the molecule is CC(C)(C)OC(=O)Nc1ccc2c(c1)C=CC21CCOCC1. The Labute approximate surface area is 131 Å². The van der Waals surface area contributed by atoms with Crippen molar-refractivity contribution in [1.29, 1.82) is 0 Å². The van der Waals surface area contributed by atoms with Gasteiger partial charge in [0.1, 0.15) is 5.60 Å². The van der Waals surface area contributed by atoms with Gasteiger partial charge in [0.15, 0.2) is 0 Å². The van der Waals surface area contributed by atoms with Gasteiger partial charge in [-0.2, -0.15) is 0 Å². The summed E-state index contributed by atoms with van der Waals surface area (Å²) in [5.41, 5.74) is 2.91. The molecule has 2 aliphatic rings. The lowest BCUT2D eigenvalue weighted by atomic mass is 9.76. The van der Waals surface area contributed by atoms with Crippen LogP contribution in [0.25, 0.3) is 6.08 Å². The summed E-state index contributed by atoms with van der Waals surface area (Å²) >= 11 is 0. The van der Waals surface area contributed by atoms with Crippen LogP contribution >= 0.6 is 0 Å². The van der Waals surface area contributed by atoms with E-state index in [4.69, 9.17) is 9.47 Å². The van der Waals surface area contributed by atoms with Crippen LogP contribution in [0.15, 0.2) is 24.3 Å². The van der Waals surface area contributed by atoms with Crippen LogP contribution in [0, 0.1) is 0 Å². The number of ether oxygens (including phenoxy) is 2. The molecule has 1 aliphatic carbocycles. The summed E-state index contributed by atoms with van der Waals surface area (Å²) in [6.45, 7) is 7.18. The average Bonchev–Trinajstić information content (AvgIpc) is 2.76. The van der Waals surface area contributed by atoms with Crippen molar-refractivity contribution in [1.82, 2.24) is 0 Å². The minimum Gasteiger partial charge on any atom is -0.444 e. The van der Waals surface area contributed by atoms with Gasteiger partial charge in [-0.25, -0.2) is 4.79 Å². The monoisotopic (exact) mass is 301 g/mol. The number of hydrogen-bond donors (Lipinski definition) is 1. The van der Waals surface area contributed by atoms with Crippen molar-refractivity contribution >= 4 is 17.9 Å². The van der Waals surface area contributed by atoms with Crippen LogP contribution in [-0.2, 0) is 14.9 Å². The van der Waals surface area contributed by atoms with Gasteiger partial charge in [-0.3, -0.25) is 5.32 Å². The van der Waals surface area contributed by atoms with Crippen molar-refractivity contribution < 1.29 is 14.3 Å². The number of fused-ring (bicyclic) bond motifs is 2. The molecule has 0 saturated carbocycles. The second-order valence-electron chi connectivity index (χ2n) is 7.03. The largest absolute Gasteiger partial charge is 0.444 e. The number of benzene rings is 1. The fourth-order valence-electron chi connectivity index (χ4n) is 3.16. The van der Waals surface area contributed by atoms with Crippen LogP contribution in [0.2, 0.25) is 0 Å². The number of rotatable bonds is 1. The predicted octanol–water partition coefficient (Wildman–Crippen LogP) is 4.11. The second kappa shape index (κ2) is 5.43. The predicted molar refractivity (Wildman–Crippen MR) is 87.1 cm³/mol. The molecule has 1 amide bonds. The molecule has 1 saturated heterocycles. The topological polar surface area (TPSA) is 47.6 Å². The summed E-state index contributed by atoms with van der Waals surface area (Å²) < 4.78 is 10.8. The maximum absolute atomic E-state index is 11.9. The third kappa shape index (κ3) is 3.02. The van der Waals surface area contributed by atoms with E-state index in [1.165, 1.54) is 11.1 Å². The third-order valence-corrected chi connectivity index (χ3v) is 4.20. The number of nitrogens with one attached hydrogen (secondary N) is 1. The molecule has 1 N–H and O–H groups in total. The van der Waals surface area contributed by atoms with Crippen molar-refractivity contribution in [2.45, 2.75) is 44.6 Å². The molecule has 1 aromatic carbocycles. The van der Waals surface area contributed by atoms with Gasteiger partial charge < -0.3 is 9.47 Å². The fraction of sp³-hybridized carbons (Fsp3) is 0.500. The number of carbonyl (C=O) groups is 1. The van der Waals surface area contributed by atoms with E-state index in [0.717, 1.165) is 31.7 Å². The van der Waals surface area contributed by atoms with Gasteiger partial charge in [0.25, 0.3) is 0 Å². The molecule has 118 valence electrons. The van der Waals surface area contributed by atoms with Gasteiger partial charge in [-0.05, 0) is 56.9 Å². The molecular weight excluding hydrogens is 278 g/mol. The molecule has 0 atom stereocenters. The molecule has 1 spiro atoms. The van der Waals surface area contributed by atoms with Gasteiger partial charge in [0.05, 0.1) is 0 Å². The van der Waals surface area contributed by atoms with Gasteiger partial charge in [-0.1, -0.05) is 18.2 Å². The number of hydrogen-bond acceptors (Lipinski definition) is 3. The average molecular weight is 301 g/mol. The highest BCUT2D eigenvalue weighted by atomic mass is 16.6. The summed E-state index contributed by atoms with van der Waals surface area (Å²) in [6, 6.07) is 6.08. The zero-order valence-corrected chi connectivity index (χ0v) is 13.4. The first kappa shape index (κ1) is 15.1. The molecule has 1 aromatic rings. The van der Waals surface area contributed by atoms with E-state index in [-0.39, 0.29) is 5.41 Å². The number of allylic oxidation sites excluding steroid dienone is 1. The third-order valence-electron chi connectivity index (χ3n) is 4.20. The van der Waals surface area contributed by atoms with Crippen molar-refractivity contribution in [3.8, 4) is 0 Å². The van der Waals surface area contributed by atoms with Crippen LogP contribution < -0.4 is 5.32 Å². The maximum atomic E-state index is 11.9. The summed E-state index contributed by atoms with van der Waals surface area (Å²) in [7, 11) is 0. The molecule has 1 heterocycles. The Hall–Kier alpha value is -1.81. The number of anilines is 1. The van der Waals surface area contributed by atoms with Gasteiger partial charge >= 0.3 is 6.09 Å². The van der Waals surface area contributed by atoms with Crippen LogP contribution in [0.3, 0.4) is 0 Å². The molecule has 0 radical (unpaired) electrons. The van der Waals surface area contributed by atoms with Crippen LogP contribution in [-0.4, -0.2) is 24.9 Å². The minimum atomic E-state index is -0.493. The number of amides is 1. The Kier molecular flexibility index (Phi) is 3.73. The lowest BCUT2D eigenvalue weighted by Gasteiger charge is -2.33. The Morgan fingerprint density at radius 2 is 2.00 bits per heavy atom. The smallest absolute Gasteiger partial charge is 0.412 e. The van der Waals surface area contributed by atoms with Gasteiger partial charge in [0, 0.05) is 24.3 Å². The zero-order valence-electron chi connectivity index (χ0n) is 13.4. The molecule has 0 unspecified atom stereocenters. The highest BCUT2D eigenvalue weighted by molar-refractivity contribution is 5.86. The molecule has 22 heavy (non-hydrogen) atoms. The molecule has 0 aromatic heterocycles. The first-order valence-electron chi connectivity index (χ1n) is 7.80. The van der Waals surface area contributed by atoms with E-state index in [2.05, 4.69) is 23.5 Å². The molecule has 1 aliphatic heterocycles. The Balaban J connectivity index is 1.76. The molecule has 0 bridgehead atoms. The van der Waals surface area contributed by atoms with E-state index in [0.29, 0.717) is 0 Å². The molecular formula is C18H23NO3. The fourth-order valence-corrected chi connectivity index (χ4v) is 3.16. The summed E-state index contributed by atoms with van der Waals surface area (Å²) in [5, 5.41) is 2.80. The summed E-state index contributed by atoms with van der Waals surface area (Å²) in [4.78, 5) is 11.9. The minimum absolute atomic E-state index is 0.123. The van der Waals surface area contributed by atoms with E-state index in [1.807, 2.05) is 32.9 Å². The zero-order chi connectivity index (χ0) is 15.8. The van der Waals surface area contributed by atoms with Crippen LogP contribution in [0.5, 0.6) is 0 Å². The van der Waals surface area contributed by atoms with Crippen molar-refractivity contribution in [2.75, 3.05) is 18.5 Å². The highest BCUT2D eigenvalue weighted by Gasteiger charge is 2.36. The molecule has 1 fully saturated rings. The van der Waals surface area contributed by atoms with E-state index in [9.17, 15) is 4.79 Å². The molecule has 4 nitrogen and oxygen atoms in total. The summed E-state index contributed by atoms with van der Waals surface area (Å²) in [5.74, 6) is 0.